The predicted octanol–water partition coefficient (Wildman–Crippen LogP) is 3.30. The SMILES string of the molecule is Cc1ccc(C)c(C(C)(C)CNCCC(C)(C)N)c1. The van der Waals surface area contributed by atoms with Gasteiger partial charge in [-0.25, -0.2) is 0 Å². The van der Waals surface area contributed by atoms with E-state index in [1.807, 2.05) is 0 Å². The third-order valence-corrected chi connectivity index (χ3v) is 3.64. The summed E-state index contributed by atoms with van der Waals surface area (Å²) >= 11 is 0. The summed E-state index contributed by atoms with van der Waals surface area (Å²) in [5.74, 6) is 0. The van der Waals surface area contributed by atoms with E-state index in [9.17, 15) is 0 Å². The molecule has 0 heterocycles. The molecule has 19 heavy (non-hydrogen) atoms. The van der Waals surface area contributed by atoms with Crippen LogP contribution >= 0.6 is 0 Å². The Morgan fingerprint density at radius 3 is 2.32 bits per heavy atom. The maximum Gasteiger partial charge on any atom is 0.0109 e. The van der Waals surface area contributed by atoms with Gasteiger partial charge in [0.15, 0.2) is 0 Å². The van der Waals surface area contributed by atoms with Gasteiger partial charge in [0.1, 0.15) is 0 Å². The normalized spacial score (nSPS) is 12.8. The summed E-state index contributed by atoms with van der Waals surface area (Å²) in [7, 11) is 0. The Morgan fingerprint density at radius 1 is 1.11 bits per heavy atom. The molecular formula is C17H30N2. The summed E-state index contributed by atoms with van der Waals surface area (Å²) < 4.78 is 0. The van der Waals surface area contributed by atoms with Crippen molar-refractivity contribution in [3.05, 3.63) is 34.9 Å². The minimum absolute atomic E-state index is 0.0869. The maximum atomic E-state index is 6.00. The van der Waals surface area contributed by atoms with Crippen molar-refractivity contribution < 1.29 is 0 Å². The van der Waals surface area contributed by atoms with Crippen molar-refractivity contribution in [1.82, 2.24) is 5.32 Å². The molecule has 3 N–H and O–H groups in total. The fraction of sp³-hybridized carbons (Fsp3) is 0.647. The van der Waals surface area contributed by atoms with Gasteiger partial charge in [-0.1, -0.05) is 37.6 Å². The van der Waals surface area contributed by atoms with Gasteiger partial charge < -0.3 is 11.1 Å². The molecule has 0 saturated carbocycles. The fourth-order valence-electron chi connectivity index (χ4n) is 2.37. The van der Waals surface area contributed by atoms with Crippen molar-refractivity contribution >= 4 is 0 Å². The summed E-state index contributed by atoms with van der Waals surface area (Å²) in [5.41, 5.74) is 10.2. The monoisotopic (exact) mass is 262 g/mol. The summed E-state index contributed by atoms with van der Waals surface area (Å²) in [6.07, 6.45) is 0.996. The van der Waals surface area contributed by atoms with E-state index < -0.39 is 0 Å². The largest absolute Gasteiger partial charge is 0.326 e. The lowest BCUT2D eigenvalue weighted by Crippen LogP contribution is -2.39. The lowest BCUT2D eigenvalue weighted by Gasteiger charge is -2.29. The average molecular weight is 262 g/mol. The molecule has 1 rings (SSSR count). The summed E-state index contributed by atoms with van der Waals surface area (Å²) in [4.78, 5) is 0. The molecule has 2 nitrogen and oxygen atoms in total. The van der Waals surface area contributed by atoms with Crippen LogP contribution in [0, 0.1) is 13.8 Å². The quantitative estimate of drug-likeness (QED) is 0.772. The van der Waals surface area contributed by atoms with Gasteiger partial charge in [0.2, 0.25) is 0 Å². The number of hydrogen-bond donors (Lipinski definition) is 2. The highest BCUT2D eigenvalue weighted by Gasteiger charge is 2.22. The van der Waals surface area contributed by atoms with E-state index in [0.29, 0.717) is 0 Å². The minimum Gasteiger partial charge on any atom is -0.326 e. The molecule has 0 unspecified atom stereocenters. The summed E-state index contributed by atoms with van der Waals surface area (Å²) in [6, 6.07) is 6.71. The lowest BCUT2D eigenvalue weighted by atomic mass is 9.81. The first kappa shape index (κ1) is 16.2. The van der Waals surface area contributed by atoms with Crippen LogP contribution in [0.15, 0.2) is 18.2 Å². The van der Waals surface area contributed by atoms with Gasteiger partial charge in [-0.2, -0.15) is 0 Å². The van der Waals surface area contributed by atoms with Crippen LogP contribution in [0.2, 0.25) is 0 Å². The second kappa shape index (κ2) is 6.06. The Morgan fingerprint density at radius 2 is 1.74 bits per heavy atom. The van der Waals surface area contributed by atoms with Gasteiger partial charge in [-0.15, -0.1) is 0 Å². The van der Waals surface area contributed by atoms with Crippen LogP contribution in [-0.4, -0.2) is 18.6 Å². The van der Waals surface area contributed by atoms with Crippen molar-refractivity contribution in [2.75, 3.05) is 13.1 Å². The minimum atomic E-state index is -0.0869. The van der Waals surface area contributed by atoms with E-state index in [1.54, 1.807) is 0 Å². The molecule has 0 atom stereocenters. The van der Waals surface area contributed by atoms with Gasteiger partial charge in [0, 0.05) is 17.5 Å². The average Bonchev–Trinajstić information content (AvgIpc) is 2.26. The summed E-state index contributed by atoms with van der Waals surface area (Å²) in [6.45, 7) is 15.0. The van der Waals surface area contributed by atoms with Gasteiger partial charge in [-0.05, 0) is 51.8 Å². The first-order chi connectivity index (χ1) is 8.62. The molecule has 0 fully saturated rings. The predicted molar refractivity (Wildman–Crippen MR) is 84.7 cm³/mol. The molecular weight excluding hydrogens is 232 g/mol. The second-order valence-corrected chi connectivity index (χ2v) is 7.12. The molecule has 0 aliphatic rings. The van der Waals surface area contributed by atoms with Crippen LogP contribution in [0.5, 0.6) is 0 Å². The Kier molecular flexibility index (Phi) is 5.17. The van der Waals surface area contributed by atoms with Gasteiger partial charge in [-0.3, -0.25) is 0 Å². The number of benzene rings is 1. The number of nitrogens with one attached hydrogen (secondary N) is 1. The molecule has 2 heteroatoms. The first-order valence-electron chi connectivity index (χ1n) is 7.19. The maximum absolute atomic E-state index is 6.00. The van der Waals surface area contributed by atoms with Crippen LogP contribution in [0.3, 0.4) is 0 Å². The molecule has 1 aromatic rings. The number of rotatable bonds is 6. The zero-order valence-electron chi connectivity index (χ0n) is 13.4. The second-order valence-electron chi connectivity index (χ2n) is 7.12. The van der Waals surface area contributed by atoms with E-state index in [4.69, 9.17) is 5.73 Å². The Balaban J connectivity index is 2.63. The third kappa shape index (κ3) is 5.33. The Bertz CT molecular complexity index is 414. The Labute approximate surface area is 118 Å². The molecule has 1 aromatic carbocycles. The van der Waals surface area contributed by atoms with Crippen LogP contribution in [0.4, 0.5) is 0 Å². The molecule has 0 aliphatic heterocycles. The molecule has 0 aliphatic carbocycles. The first-order valence-corrected chi connectivity index (χ1v) is 7.19. The van der Waals surface area contributed by atoms with Gasteiger partial charge >= 0.3 is 0 Å². The topological polar surface area (TPSA) is 38.0 Å². The molecule has 0 saturated heterocycles. The highest BCUT2D eigenvalue weighted by molar-refractivity contribution is 5.36. The van der Waals surface area contributed by atoms with Crippen LogP contribution in [0.25, 0.3) is 0 Å². The lowest BCUT2D eigenvalue weighted by molar-refractivity contribution is 0.417. The molecule has 0 aromatic heterocycles. The van der Waals surface area contributed by atoms with E-state index >= 15 is 0 Å². The van der Waals surface area contributed by atoms with Crippen molar-refractivity contribution in [3.8, 4) is 0 Å². The van der Waals surface area contributed by atoms with Crippen LogP contribution < -0.4 is 11.1 Å². The van der Waals surface area contributed by atoms with Crippen molar-refractivity contribution in [2.45, 2.75) is 58.9 Å². The molecule has 0 bridgehead atoms. The van der Waals surface area contributed by atoms with Gasteiger partial charge in [0.05, 0.1) is 0 Å². The third-order valence-electron chi connectivity index (χ3n) is 3.64. The standard InChI is InChI=1S/C17H30N2/c1-13-7-8-14(2)15(11-13)16(3,4)12-19-10-9-17(5,6)18/h7-8,11,19H,9-10,12,18H2,1-6H3. The van der Waals surface area contributed by atoms with Crippen LogP contribution in [0.1, 0.15) is 50.8 Å². The van der Waals surface area contributed by atoms with E-state index in [-0.39, 0.29) is 11.0 Å². The van der Waals surface area contributed by atoms with E-state index in [1.165, 1.54) is 16.7 Å². The van der Waals surface area contributed by atoms with E-state index in [0.717, 1.165) is 19.5 Å². The molecule has 0 radical (unpaired) electrons. The van der Waals surface area contributed by atoms with Crippen molar-refractivity contribution in [3.63, 3.8) is 0 Å². The highest BCUT2D eigenvalue weighted by Crippen LogP contribution is 2.26. The smallest absolute Gasteiger partial charge is 0.0109 e. The van der Waals surface area contributed by atoms with E-state index in [2.05, 4.69) is 65.1 Å². The molecule has 0 spiro atoms. The Hall–Kier alpha value is -0.860. The highest BCUT2D eigenvalue weighted by atomic mass is 14.9. The van der Waals surface area contributed by atoms with Crippen molar-refractivity contribution in [1.29, 1.82) is 0 Å². The zero-order valence-corrected chi connectivity index (χ0v) is 13.4. The molecule has 0 amide bonds. The summed E-state index contributed by atoms with van der Waals surface area (Å²) in [5, 5.41) is 3.55. The van der Waals surface area contributed by atoms with Crippen molar-refractivity contribution in [2.24, 2.45) is 5.73 Å². The number of hydrogen-bond acceptors (Lipinski definition) is 2. The number of nitrogens with two attached hydrogens (primary N) is 1. The molecule has 108 valence electrons. The number of aryl methyl sites for hydroxylation is 2. The van der Waals surface area contributed by atoms with Gasteiger partial charge in [0.25, 0.3) is 0 Å². The van der Waals surface area contributed by atoms with Crippen LogP contribution in [-0.2, 0) is 5.41 Å². The zero-order chi connectivity index (χ0) is 14.7. The fourth-order valence-corrected chi connectivity index (χ4v) is 2.37.